The van der Waals surface area contributed by atoms with Crippen molar-refractivity contribution in [3.63, 3.8) is 0 Å². The molecule has 0 heterocycles. The maximum atomic E-state index is 13.6. The Morgan fingerprint density at radius 1 is 1.47 bits per heavy atom. The van der Waals surface area contributed by atoms with Gasteiger partial charge in [-0.3, -0.25) is 4.79 Å². The molecule has 1 N–H and O–H groups in total. The van der Waals surface area contributed by atoms with Gasteiger partial charge in [-0.05, 0) is 18.2 Å². The number of halogens is 3. The van der Waals surface area contributed by atoms with E-state index in [1.54, 1.807) is 0 Å². The van der Waals surface area contributed by atoms with Crippen LogP contribution in [0.4, 0.5) is 13.2 Å². The van der Waals surface area contributed by atoms with Gasteiger partial charge in [-0.2, -0.15) is 0 Å². The normalized spacial score (nSPS) is 10.0. The number of aliphatic hydroxyl groups is 1. The van der Waals surface area contributed by atoms with Gasteiger partial charge >= 0.3 is 0 Å². The summed E-state index contributed by atoms with van der Waals surface area (Å²) in [6, 6.07) is 3.50. The summed E-state index contributed by atoms with van der Waals surface area (Å²) < 4.78 is 37.8. The Balaban J connectivity index is 2.91. The highest BCUT2D eigenvalue weighted by atomic mass is 19.3. The van der Waals surface area contributed by atoms with E-state index in [0.717, 1.165) is 11.0 Å². The summed E-state index contributed by atoms with van der Waals surface area (Å²) in [5.41, 5.74) is -0.00249. The van der Waals surface area contributed by atoms with Gasteiger partial charge in [0.25, 0.3) is 12.3 Å². The molecule has 1 aromatic carbocycles. The molecule has 1 rings (SSSR count). The van der Waals surface area contributed by atoms with E-state index in [1.807, 2.05) is 0 Å². The molecule has 0 bridgehead atoms. The van der Waals surface area contributed by atoms with Gasteiger partial charge in [0.2, 0.25) is 0 Å². The Kier molecular flexibility index (Phi) is 5.39. The number of hydrogen-bond acceptors (Lipinski definition) is 2. The highest BCUT2D eigenvalue weighted by Crippen LogP contribution is 2.12. The van der Waals surface area contributed by atoms with Gasteiger partial charge in [0.05, 0.1) is 12.1 Å². The smallest absolute Gasteiger partial charge is 0.255 e. The highest BCUT2D eigenvalue weighted by Gasteiger charge is 2.16. The fourth-order valence-electron chi connectivity index (χ4n) is 1.39. The second-order valence-electron chi connectivity index (χ2n) is 3.73. The van der Waals surface area contributed by atoms with E-state index < -0.39 is 31.3 Å². The Bertz CT molecular complexity index is 520. The van der Waals surface area contributed by atoms with Crippen LogP contribution in [0.3, 0.4) is 0 Å². The molecule has 0 saturated heterocycles. The van der Waals surface area contributed by atoms with Crippen LogP contribution in [0.1, 0.15) is 15.9 Å². The average molecular weight is 271 g/mol. The quantitative estimate of drug-likeness (QED) is 0.846. The average Bonchev–Trinajstić information content (AvgIpc) is 2.35. The molecule has 1 amide bonds. The Morgan fingerprint density at radius 3 is 2.68 bits per heavy atom. The van der Waals surface area contributed by atoms with Crippen molar-refractivity contribution in [1.29, 1.82) is 0 Å². The fourth-order valence-corrected chi connectivity index (χ4v) is 1.39. The molecule has 1 aromatic rings. The number of carbonyl (C=O) groups excluding carboxylic acids is 1. The molecule has 0 fully saturated rings. The first kappa shape index (κ1) is 15.1. The third kappa shape index (κ3) is 4.30. The van der Waals surface area contributed by atoms with Gasteiger partial charge in [0.1, 0.15) is 12.4 Å². The molecule has 3 nitrogen and oxygen atoms in total. The van der Waals surface area contributed by atoms with E-state index in [-0.39, 0.29) is 11.1 Å². The van der Waals surface area contributed by atoms with Crippen molar-refractivity contribution in [2.45, 2.75) is 6.43 Å². The van der Waals surface area contributed by atoms with E-state index in [0.29, 0.717) is 0 Å². The molecule has 6 heteroatoms. The van der Waals surface area contributed by atoms with Gasteiger partial charge in [-0.25, -0.2) is 13.2 Å². The van der Waals surface area contributed by atoms with Gasteiger partial charge in [-0.15, -0.1) is 0 Å². The molecule has 19 heavy (non-hydrogen) atoms. The molecule has 0 aliphatic heterocycles. The number of benzene rings is 1. The summed E-state index contributed by atoms with van der Waals surface area (Å²) in [6.45, 7) is -1.12. The maximum Gasteiger partial charge on any atom is 0.255 e. The lowest BCUT2D eigenvalue weighted by molar-refractivity contribution is 0.0620. The molecular formula is C13H12F3NO2. The highest BCUT2D eigenvalue weighted by molar-refractivity contribution is 5.94. The van der Waals surface area contributed by atoms with Crippen LogP contribution in [0.15, 0.2) is 18.2 Å². The molecule has 0 aliphatic carbocycles. The minimum atomic E-state index is -2.64. The Hall–Kier alpha value is -2.00. The predicted molar refractivity (Wildman–Crippen MR) is 63.3 cm³/mol. The van der Waals surface area contributed by atoms with E-state index in [9.17, 15) is 18.0 Å². The molecule has 0 aromatic heterocycles. The SMILES string of the molecule is CN(CC(F)F)C(=O)c1ccc(C#CCO)c(F)c1. The minimum Gasteiger partial charge on any atom is -0.384 e. The number of amides is 1. The number of carbonyl (C=O) groups is 1. The molecule has 102 valence electrons. The van der Waals surface area contributed by atoms with Crippen LogP contribution in [-0.2, 0) is 0 Å². The lowest BCUT2D eigenvalue weighted by Crippen LogP contribution is -2.31. The molecule has 0 saturated carbocycles. The van der Waals surface area contributed by atoms with Gasteiger partial charge in [0.15, 0.2) is 0 Å². The van der Waals surface area contributed by atoms with Crippen LogP contribution in [0.2, 0.25) is 0 Å². The zero-order valence-electron chi connectivity index (χ0n) is 10.2. The van der Waals surface area contributed by atoms with Crippen molar-refractivity contribution >= 4 is 5.91 Å². The van der Waals surface area contributed by atoms with Crippen molar-refractivity contribution in [1.82, 2.24) is 4.90 Å². The summed E-state index contributed by atoms with van der Waals surface area (Å²) in [7, 11) is 1.21. The van der Waals surface area contributed by atoms with Crippen LogP contribution >= 0.6 is 0 Å². The number of alkyl halides is 2. The summed E-state index contributed by atoms with van der Waals surface area (Å²) in [5.74, 6) is 3.21. The summed E-state index contributed by atoms with van der Waals surface area (Å²) in [6.07, 6.45) is -2.64. The van der Waals surface area contributed by atoms with Gasteiger partial charge in [-0.1, -0.05) is 11.8 Å². The van der Waals surface area contributed by atoms with E-state index >= 15 is 0 Å². The van der Waals surface area contributed by atoms with E-state index in [1.165, 1.54) is 19.2 Å². The van der Waals surface area contributed by atoms with E-state index in [2.05, 4.69) is 11.8 Å². The molecule has 0 radical (unpaired) electrons. The summed E-state index contributed by atoms with van der Waals surface area (Å²) >= 11 is 0. The van der Waals surface area contributed by atoms with Crippen molar-refractivity contribution in [2.75, 3.05) is 20.2 Å². The Labute approximate surface area is 108 Å². The zero-order valence-corrected chi connectivity index (χ0v) is 10.2. The number of rotatable bonds is 3. The van der Waals surface area contributed by atoms with Crippen molar-refractivity contribution in [3.8, 4) is 11.8 Å². The second-order valence-corrected chi connectivity index (χ2v) is 3.73. The molecule has 0 unspecified atom stereocenters. The largest absolute Gasteiger partial charge is 0.384 e. The standard InChI is InChI=1S/C13H12F3NO2/c1-17(8-12(15)16)13(19)10-5-4-9(3-2-6-18)11(14)7-10/h4-5,7,12,18H,6,8H2,1H3. The first-order chi connectivity index (χ1) is 8.95. The van der Waals surface area contributed by atoms with Gasteiger partial charge < -0.3 is 10.0 Å². The van der Waals surface area contributed by atoms with Crippen molar-refractivity contribution in [2.24, 2.45) is 0 Å². The van der Waals surface area contributed by atoms with Crippen LogP contribution in [0.25, 0.3) is 0 Å². The topological polar surface area (TPSA) is 40.5 Å². The van der Waals surface area contributed by atoms with Crippen LogP contribution in [0, 0.1) is 17.7 Å². The summed E-state index contributed by atoms with van der Waals surface area (Å²) in [4.78, 5) is 12.5. The van der Waals surface area contributed by atoms with E-state index in [4.69, 9.17) is 5.11 Å². The maximum absolute atomic E-state index is 13.6. The second kappa shape index (κ2) is 6.81. The van der Waals surface area contributed by atoms with Crippen molar-refractivity contribution < 1.29 is 23.1 Å². The first-order valence-corrected chi connectivity index (χ1v) is 5.38. The first-order valence-electron chi connectivity index (χ1n) is 5.38. The molecule has 0 atom stereocenters. The third-order valence-corrected chi connectivity index (χ3v) is 2.28. The number of aliphatic hydroxyl groups excluding tert-OH is 1. The predicted octanol–water partition coefficient (Wildman–Crippen LogP) is 1.51. The molecule has 0 aliphatic rings. The van der Waals surface area contributed by atoms with Crippen LogP contribution < -0.4 is 0 Å². The monoisotopic (exact) mass is 271 g/mol. The van der Waals surface area contributed by atoms with Crippen LogP contribution in [-0.4, -0.2) is 42.5 Å². The lowest BCUT2D eigenvalue weighted by Gasteiger charge is -2.16. The fraction of sp³-hybridized carbons (Fsp3) is 0.308. The summed E-state index contributed by atoms with van der Waals surface area (Å²) in [5, 5.41) is 8.49. The molecule has 0 spiro atoms. The zero-order chi connectivity index (χ0) is 14.4. The number of nitrogens with zero attached hydrogens (tertiary/aromatic N) is 1. The molecular weight excluding hydrogens is 259 g/mol. The van der Waals surface area contributed by atoms with Crippen molar-refractivity contribution in [3.05, 3.63) is 35.1 Å². The third-order valence-electron chi connectivity index (χ3n) is 2.28. The lowest BCUT2D eigenvalue weighted by atomic mass is 10.1. The Morgan fingerprint density at radius 2 is 2.16 bits per heavy atom. The number of hydrogen-bond donors (Lipinski definition) is 1. The minimum absolute atomic E-state index is 0.0297. The van der Waals surface area contributed by atoms with Crippen LogP contribution in [0.5, 0.6) is 0 Å². The van der Waals surface area contributed by atoms with Gasteiger partial charge in [0, 0.05) is 12.6 Å².